The molecule has 0 aliphatic heterocycles. The van der Waals surface area contributed by atoms with Crippen LogP contribution in [-0.4, -0.2) is 37.6 Å². The van der Waals surface area contributed by atoms with E-state index in [1.54, 1.807) is 6.07 Å². The number of esters is 1. The van der Waals surface area contributed by atoms with Gasteiger partial charge in [-0.3, -0.25) is 0 Å². The van der Waals surface area contributed by atoms with Crippen LogP contribution < -0.4 is 0 Å². The van der Waals surface area contributed by atoms with Gasteiger partial charge in [0.05, 0.1) is 5.56 Å². The van der Waals surface area contributed by atoms with Gasteiger partial charge in [-0.1, -0.05) is 12.1 Å². The highest BCUT2D eigenvalue weighted by molar-refractivity contribution is 9.10. The van der Waals surface area contributed by atoms with E-state index in [1.165, 1.54) is 0 Å². The van der Waals surface area contributed by atoms with Crippen molar-refractivity contribution in [3.05, 3.63) is 34.3 Å². The van der Waals surface area contributed by atoms with E-state index in [0.29, 0.717) is 12.2 Å². The lowest BCUT2D eigenvalue weighted by molar-refractivity contribution is 0.0415. The fourth-order valence-electron chi connectivity index (χ4n) is 1.05. The van der Waals surface area contributed by atoms with Crippen LogP contribution in [0.15, 0.2) is 28.7 Å². The first-order chi connectivity index (χ1) is 7.52. The Morgan fingerprint density at radius 3 is 2.62 bits per heavy atom. The minimum atomic E-state index is -0.291. The Bertz CT molecular complexity index is 366. The molecule has 4 heteroatoms. The van der Waals surface area contributed by atoms with Crippen molar-refractivity contribution >= 4 is 21.9 Å². The minimum absolute atomic E-state index is 0.214. The van der Waals surface area contributed by atoms with E-state index in [0.717, 1.165) is 4.47 Å². The molecule has 0 saturated carbocycles. The predicted molar refractivity (Wildman–Crippen MR) is 67.6 cm³/mol. The third-order valence-electron chi connectivity index (χ3n) is 2.43. The van der Waals surface area contributed by atoms with Gasteiger partial charge in [-0.25, -0.2) is 4.79 Å². The standard InChI is InChI=1S/C12H16BrNO2/c1-9(14(2)3)8-16-12(15)10-6-4-5-7-11(10)13/h4-7,9H,8H2,1-3H3. The molecule has 1 aromatic rings. The van der Waals surface area contributed by atoms with Gasteiger partial charge in [0.25, 0.3) is 0 Å². The molecule has 0 N–H and O–H groups in total. The number of hydrogen-bond acceptors (Lipinski definition) is 3. The molecular formula is C12H16BrNO2. The molecule has 1 rings (SSSR count). The second-order valence-corrected chi connectivity index (χ2v) is 4.75. The van der Waals surface area contributed by atoms with Crippen molar-refractivity contribution in [2.45, 2.75) is 13.0 Å². The number of nitrogens with zero attached hydrogens (tertiary/aromatic N) is 1. The summed E-state index contributed by atoms with van der Waals surface area (Å²) in [5, 5.41) is 0. The molecule has 0 heterocycles. The van der Waals surface area contributed by atoms with Gasteiger partial charge in [0.15, 0.2) is 0 Å². The summed E-state index contributed by atoms with van der Waals surface area (Å²) < 4.78 is 5.98. The van der Waals surface area contributed by atoms with Gasteiger partial charge in [0.2, 0.25) is 0 Å². The van der Waals surface area contributed by atoms with E-state index in [2.05, 4.69) is 15.9 Å². The van der Waals surface area contributed by atoms with Gasteiger partial charge in [-0.2, -0.15) is 0 Å². The highest BCUT2D eigenvalue weighted by Crippen LogP contribution is 2.16. The summed E-state index contributed by atoms with van der Waals surface area (Å²) in [6.45, 7) is 2.40. The molecule has 3 nitrogen and oxygen atoms in total. The zero-order chi connectivity index (χ0) is 12.1. The van der Waals surface area contributed by atoms with Crippen LogP contribution >= 0.6 is 15.9 Å². The van der Waals surface area contributed by atoms with Crippen molar-refractivity contribution in [3.8, 4) is 0 Å². The second kappa shape index (κ2) is 6.01. The zero-order valence-electron chi connectivity index (χ0n) is 9.74. The molecule has 16 heavy (non-hydrogen) atoms. The van der Waals surface area contributed by atoms with Crippen molar-refractivity contribution in [1.29, 1.82) is 0 Å². The molecule has 0 spiro atoms. The molecule has 0 aliphatic rings. The van der Waals surface area contributed by atoms with Crippen LogP contribution in [0, 0.1) is 0 Å². The molecule has 1 aromatic carbocycles. The molecule has 0 amide bonds. The predicted octanol–water partition coefficient (Wildman–Crippen LogP) is 2.56. The van der Waals surface area contributed by atoms with Gasteiger partial charge in [-0.15, -0.1) is 0 Å². The number of carbonyl (C=O) groups excluding carboxylic acids is 1. The molecule has 0 fully saturated rings. The number of benzene rings is 1. The summed E-state index contributed by atoms with van der Waals surface area (Å²) in [6.07, 6.45) is 0. The van der Waals surface area contributed by atoms with Crippen molar-refractivity contribution in [2.24, 2.45) is 0 Å². The maximum atomic E-state index is 11.7. The molecule has 1 atom stereocenters. The zero-order valence-corrected chi connectivity index (χ0v) is 11.3. The summed E-state index contributed by atoms with van der Waals surface area (Å²) in [4.78, 5) is 13.7. The second-order valence-electron chi connectivity index (χ2n) is 3.89. The van der Waals surface area contributed by atoms with Crippen LogP contribution in [0.25, 0.3) is 0 Å². The van der Waals surface area contributed by atoms with Crippen LogP contribution in [0.4, 0.5) is 0 Å². The number of likely N-dealkylation sites (N-methyl/N-ethyl adjacent to an activating group) is 1. The summed E-state index contributed by atoms with van der Waals surface area (Å²) in [5.41, 5.74) is 0.563. The molecule has 0 radical (unpaired) electrons. The van der Waals surface area contributed by atoms with Gasteiger partial charge in [0.1, 0.15) is 6.61 Å². The van der Waals surface area contributed by atoms with Crippen LogP contribution in [0.3, 0.4) is 0 Å². The van der Waals surface area contributed by atoms with E-state index in [-0.39, 0.29) is 12.0 Å². The number of halogens is 1. The molecule has 0 aliphatic carbocycles. The lowest BCUT2D eigenvalue weighted by Crippen LogP contribution is -2.30. The van der Waals surface area contributed by atoms with Crippen molar-refractivity contribution < 1.29 is 9.53 Å². The normalized spacial score (nSPS) is 12.6. The maximum Gasteiger partial charge on any atom is 0.339 e. The van der Waals surface area contributed by atoms with Crippen LogP contribution in [-0.2, 0) is 4.74 Å². The Morgan fingerprint density at radius 2 is 2.06 bits per heavy atom. The molecule has 88 valence electrons. The smallest absolute Gasteiger partial charge is 0.339 e. The van der Waals surface area contributed by atoms with Crippen LogP contribution in [0.2, 0.25) is 0 Å². The Morgan fingerprint density at radius 1 is 1.44 bits per heavy atom. The van der Waals surface area contributed by atoms with Gasteiger partial charge < -0.3 is 9.64 Å². The first-order valence-corrected chi connectivity index (χ1v) is 5.89. The Hall–Kier alpha value is -0.870. The summed E-state index contributed by atoms with van der Waals surface area (Å²) >= 11 is 3.32. The molecule has 0 bridgehead atoms. The summed E-state index contributed by atoms with van der Waals surface area (Å²) in [5.74, 6) is -0.291. The summed E-state index contributed by atoms with van der Waals surface area (Å²) in [7, 11) is 3.91. The lowest BCUT2D eigenvalue weighted by Gasteiger charge is -2.19. The average Bonchev–Trinajstić information content (AvgIpc) is 2.25. The van der Waals surface area contributed by atoms with E-state index in [1.807, 2.05) is 44.1 Å². The minimum Gasteiger partial charge on any atom is -0.460 e. The first-order valence-electron chi connectivity index (χ1n) is 5.10. The quantitative estimate of drug-likeness (QED) is 0.797. The van der Waals surface area contributed by atoms with Crippen LogP contribution in [0.5, 0.6) is 0 Å². The van der Waals surface area contributed by atoms with Gasteiger partial charge in [-0.05, 0) is 49.1 Å². The van der Waals surface area contributed by atoms with Crippen molar-refractivity contribution in [2.75, 3.05) is 20.7 Å². The molecular weight excluding hydrogens is 270 g/mol. The Kier molecular flexibility index (Phi) is 4.96. The third-order valence-corrected chi connectivity index (χ3v) is 3.12. The Labute approximate surface area is 105 Å². The number of carbonyl (C=O) groups is 1. The van der Waals surface area contributed by atoms with E-state index >= 15 is 0 Å². The Balaban J connectivity index is 2.57. The number of hydrogen-bond donors (Lipinski definition) is 0. The van der Waals surface area contributed by atoms with E-state index < -0.39 is 0 Å². The average molecular weight is 286 g/mol. The highest BCUT2D eigenvalue weighted by atomic mass is 79.9. The van der Waals surface area contributed by atoms with Crippen LogP contribution in [0.1, 0.15) is 17.3 Å². The van der Waals surface area contributed by atoms with Crippen molar-refractivity contribution in [3.63, 3.8) is 0 Å². The molecule has 1 unspecified atom stereocenters. The SMILES string of the molecule is CC(COC(=O)c1ccccc1Br)N(C)C. The first kappa shape index (κ1) is 13.2. The number of rotatable bonds is 4. The topological polar surface area (TPSA) is 29.5 Å². The van der Waals surface area contributed by atoms with E-state index in [4.69, 9.17) is 4.74 Å². The third kappa shape index (κ3) is 3.61. The fourth-order valence-corrected chi connectivity index (χ4v) is 1.50. The monoisotopic (exact) mass is 285 g/mol. The largest absolute Gasteiger partial charge is 0.460 e. The van der Waals surface area contributed by atoms with E-state index in [9.17, 15) is 4.79 Å². The van der Waals surface area contributed by atoms with Gasteiger partial charge in [0, 0.05) is 10.5 Å². The van der Waals surface area contributed by atoms with Gasteiger partial charge >= 0.3 is 5.97 Å². The highest BCUT2D eigenvalue weighted by Gasteiger charge is 2.13. The lowest BCUT2D eigenvalue weighted by atomic mass is 10.2. The number of ether oxygens (including phenoxy) is 1. The molecule has 0 aromatic heterocycles. The molecule has 0 saturated heterocycles. The van der Waals surface area contributed by atoms with Crippen molar-refractivity contribution in [1.82, 2.24) is 4.90 Å². The maximum absolute atomic E-state index is 11.7. The fraction of sp³-hybridized carbons (Fsp3) is 0.417. The summed E-state index contributed by atoms with van der Waals surface area (Å²) in [6, 6.07) is 7.46.